The summed E-state index contributed by atoms with van der Waals surface area (Å²) in [5, 5.41) is -0.00957. The van der Waals surface area contributed by atoms with Crippen molar-refractivity contribution in [3.05, 3.63) is 68.5 Å². The molecule has 0 nitrogen and oxygen atoms in total. The summed E-state index contributed by atoms with van der Waals surface area (Å²) in [5.41, 5.74) is 6.53. The van der Waals surface area contributed by atoms with Crippen LogP contribution < -0.4 is 0 Å². The van der Waals surface area contributed by atoms with Crippen LogP contribution in [0.2, 0.25) is 5.02 Å². The van der Waals surface area contributed by atoms with Gasteiger partial charge in [-0.2, -0.15) is 0 Å². The highest BCUT2D eigenvalue weighted by Crippen LogP contribution is 2.38. The molecular weight excluding hydrogens is 294 g/mol. The van der Waals surface area contributed by atoms with Gasteiger partial charge in [0.15, 0.2) is 0 Å². The summed E-state index contributed by atoms with van der Waals surface area (Å²) < 4.78 is 13.2. The molecule has 0 amide bonds. The second kappa shape index (κ2) is 5.75. The first-order chi connectivity index (χ1) is 9.32. The minimum Gasteiger partial charge on any atom is -0.207 e. The largest absolute Gasteiger partial charge is 0.207 e. The van der Waals surface area contributed by atoms with E-state index in [0.29, 0.717) is 5.02 Å². The molecule has 20 heavy (non-hydrogen) atoms. The van der Waals surface area contributed by atoms with Gasteiger partial charge in [-0.25, -0.2) is 4.39 Å². The Hall–Kier alpha value is -1.05. The average molecular weight is 311 g/mol. The monoisotopic (exact) mass is 310 g/mol. The minimum atomic E-state index is -0.373. The van der Waals surface area contributed by atoms with Crippen molar-refractivity contribution in [2.45, 2.75) is 33.1 Å². The Bertz CT molecular complexity index is 636. The molecule has 2 aromatic carbocycles. The number of aryl methyl sites for hydroxylation is 2. The van der Waals surface area contributed by atoms with Gasteiger partial charge in [-0.3, -0.25) is 0 Å². The first-order valence-corrected chi connectivity index (χ1v) is 7.30. The standard InChI is InChI=1S/C17H17Cl2F/c1-9-7-10(2)12(4)16(11(9)3)17(19)14-6-5-13(20)8-15(14)18/h5-8,17H,1-4H3. The van der Waals surface area contributed by atoms with E-state index >= 15 is 0 Å². The Morgan fingerprint density at radius 3 is 2.00 bits per heavy atom. The molecule has 0 spiro atoms. The van der Waals surface area contributed by atoms with Crippen molar-refractivity contribution in [3.63, 3.8) is 0 Å². The van der Waals surface area contributed by atoms with Gasteiger partial charge < -0.3 is 0 Å². The van der Waals surface area contributed by atoms with Crippen molar-refractivity contribution in [2.24, 2.45) is 0 Å². The summed E-state index contributed by atoms with van der Waals surface area (Å²) in [6, 6.07) is 6.51. The maximum atomic E-state index is 13.2. The number of halogens is 3. The van der Waals surface area contributed by atoms with Crippen molar-refractivity contribution in [2.75, 3.05) is 0 Å². The second-order valence-corrected chi connectivity index (χ2v) is 6.05. The number of hydrogen-bond donors (Lipinski definition) is 0. The lowest BCUT2D eigenvalue weighted by Gasteiger charge is -2.20. The van der Waals surface area contributed by atoms with E-state index in [-0.39, 0.29) is 11.2 Å². The number of alkyl halides is 1. The van der Waals surface area contributed by atoms with Gasteiger partial charge in [0.1, 0.15) is 5.82 Å². The molecule has 2 rings (SSSR count). The molecule has 0 aliphatic heterocycles. The molecule has 0 saturated carbocycles. The number of benzene rings is 2. The molecule has 0 fully saturated rings. The van der Waals surface area contributed by atoms with E-state index in [1.807, 2.05) is 0 Å². The zero-order valence-corrected chi connectivity index (χ0v) is 13.5. The predicted molar refractivity (Wildman–Crippen MR) is 84.5 cm³/mol. The fourth-order valence-electron chi connectivity index (χ4n) is 2.49. The van der Waals surface area contributed by atoms with Crippen LogP contribution in [-0.2, 0) is 0 Å². The van der Waals surface area contributed by atoms with E-state index in [2.05, 4.69) is 33.8 Å². The van der Waals surface area contributed by atoms with Gasteiger partial charge in [0, 0.05) is 5.02 Å². The molecule has 106 valence electrons. The van der Waals surface area contributed by atoms with E-state index in [9.17, 15) is 4.39 Å². The summed E-state index contributed by atoms with van der Waals surface area (Å²) in [7, 11) is 0. The molecular formula is C17H17Cl2F. The van der Waals surface area contributed by atoms with Crippen LogP contribution in [0.25, 0.3) is 0 Å². The van der Waals surface area contributed by atoms with Crippen molar-refractivity contribution >= 4 is 23.2 Å². The minimum absolute atomic E-state index is 0.350. The molecule has 1 atom stereocenters. The molecule has 0 bridgehead atoms. The van der Waals surface area contributed by atoms with Crippen molar-refractivity contribution in [1.82, 2.24) is 0 Å². The van der Waals surface area contributed by atoms with Crippen LogP contribution >= 0.6 is 23.2 Å². The summed E-state index contributed by atoms with van der Waals surface area (Å²) in [4.78, 5) is 0. The third kappa shape index (κ3) is 2.70. The Morgan fingerprint density at radius 2 is 1.50 bits per heavy atom. The smallest absolute Gasteiger partial charge is 0.124 e. The van der Waals surface area contributed by atoms with Crippen LogP contribution in [0, 0.1) is 33.5 Å². The highest BCUT2D eigenvalue weighted by molar-refractivity contribution is 6.33. The first-order valence-electron chi connectivity index (χ1n) is 6.49. The molecule has 0 saturated heterocycles. The molecule has 1 unspecified atom stereocenters. The van der Waals surface area contributed by atoms with E-state index in [1.54, 1.807) is 6.07 Å². The van der Waals surface area contributed by atoms with Crippen LogP contribution in [0.15, 0.2) is 24.3 Å². The van der Waals surface area contributed by atoms with Gasteiger partial charge in [0.25, 0.3) is 0 Å². The van der Waals surface area contributed by atoms with Crippen molar-refractivity contribution < 1.29 is 4.39 Å². The summed E-state index contributed by atoms with van der Waals surface area (Å²) in [6.45, 7) is 8.26. The second-order valence-electron chi connectivity index (χ2n) is 5.20. The molecule has 0 radical (unpaired) electrons. The molecule has 2 aromatic rings. The zero-order chi connectivity index (χ0) is 15.0. The third-order valence-corrected chi connectivity index (χ3v) is 4.69. The Balaban J connectivity index is 2.62. The Kier molecular flexibility index (Phi) is 4.41. The highest BCUT2D eigenvalue weighted by Gasteiger charge is 2.20. The Labute approximate surface area is 129 Å². The average Bonchev–Trinajstić information content (AvgIpc) is 2.36. The van der Waals surface area contributed by atoms with E-state index < -0.39 is 0 Å². The fourth-order valence-corrected chi connectivity index (χ4v) is 3.34. The quantitative estimate of drug-likeness (QED) is 0.593. The maximum absolute atomic E-state index is 13.2. The van der Waals surface area contributed by atoms with Gasteiger partial charge in [-0.05, 0) is 73.2 Å². The van der Waals surface area contributed by atoms with Crippen LogP contribution in [0.4, 0.5) is 4.39 Å². The fraction of sp³-hybridized carbons (Fsp3) is 0.294. The zero-order valence-electron chi connectivity index (χ0n) is 12.0. The van der Waals surface area contributed by atoms with Gasteiger partial charge in [0.2, 0.25) is 0 Å². The summed E-state index contributed by atoms with van der Waals surface area (Å²) in [5.74, 6) is -0.350. The number of rotatable bonds is 2. The third-order valence-electron chi connectivity index (χ3n) is 3.91. The normalized spacial score (nSPS) is 12.6. The summed E-state index contributed by atoms with van der Waals surface area (Å²) in [6.07, 6.45) is 0. The van der Waals surface area contributed by atoms with Gasteiger partial charge in [-0.1, -0.05) is 23.7 Å². The lowest BCUT2D eigenvalue weighted by Crippen LogP contribution is -2.04. The van der Waals surface area contributed by atoms with Crippen molar-refractivity contribution in [3.8, 4) is 0 Å². The molecule has 0 aliphatic carbocycles. The van der Waals surface area contributed by atoms with Crippen LogP contribution in [-0.4, -0.2) is 0 Å². The van der Waals surface area contributed by atoms with Gasteiger partial charge in [0.05, 0.1) is 5.38 Å². The molecule has 0 aromatic heterocycles. The number of hydrogen-bond acceptors (Lipinski definition) is 0. The molecule has 0 heterocycles. The van der Waals surface area contributed by atoms with E-state index in [1.165, 1.54) is 23.3 Å². The predicted octanol–water partition coefficient (Wildman–Crippen LogP) is 6.04. The van der Waals surface area contributed by atoms with Crippen LogP contribution in [0.1, 0.15) is 38.8 Å². The Morgan fingerprint density at radius 1 is 0.950 bits per heavy atom. The van der Waals surface area contributed by atoms with Crippen LogP contribution in [0.3, 0.4) is 0 Å². The van der Waals surface area contributed by atoms with Crippen molar-refractivity contribution in [1.29, 1.82) is 0 Å². The maximum Gasteiger partial charge on any atom is 0.124 e. The summed E-state index contributed by atoms with van der Waals surface area (Å²) >= 11 is 12.8. The lowest BCUT2D eigenvalue weighted by molar-refractivity contribution is 0.627. The molecule has 3 heteroatoms. The molecule has 0 aliphatic rings. The van der Waals surface area contributed by atoms with E-state index in [4.69, 9.17) is 23.2 Å². The van der Waals surface area contributed by atoms with Crippen LogP contribution in [0.5, 0.6) is 0 Å². The SMILES string of the molecule is Cc1cc(C)c(C)c(C(Cl)c2ccc(F)cc2Cl)c1C. The lowest BCUT2D eigenvalue weighted by atomic mass is 9.90. The topological polar surface area (TPSA) is 0 Å². The van der Waals surface area contributed by atoms with E-state index in [0.717, 1.165) is 22.3 Å². The molecule has 0 N–H and O–H groups in total. The van der Waals surface area contributed by atoms with Gasteiger partial charge >= 0.3 is 0 Å². The van der Waals surface area contributed by atoms with Gasteiger partial charge in [-0.15, -0.1) is 11.6 Å². The highest BCUT2D eigenvalue weighted by atomic mass is 35.5. The first kappa shape index (κ1) is 15.3.